The van der Waals surface area contributed by atoms with Crippen LogP contribution >= 0.6 is 0 Å². The van der Waals surface area contributed by atoms with Crippen molar-refractivity contribution in [3.63, 3.8) is 0 Å². The van der Waals surface area contributed by atoms with Crippen molar-refractivity contribution < 1.29 is 14.7 Å². The lowest BCUT2D eigenvalue weighted by Crippen LogP contribution is -2.54. The van der Waals surface area contributed by atoms with E-state index in [0.717, 1.165) is 24.9 Å². The van der Waals surface area contributed by atoms with Gasteiger partial charge in [0, 0.05) is 30.9 Å². The van der Waals surface area contributed by atoms with E-state index in [9.17, 15) is 9.59 Å². The maximum Gasteiger partial charge on any atom is 0.317 e. The zero-order chi connectivity index (χ0) is 15.9. The Bertz CT molecular complexity index is 501. The molecule has 1 saturated carbocycles. The lowest BCUT2D eigenvalue weighted by Gasteiger charge is -2.42. The smallest absolute Gasteiger partial charge is 0.317 e. The average Bonchev–Trinajstić information content (AvgIpc) is 2.47. The van der Waals surface area contributed by atoms with Gasteiger partial charge in [-0.15, -0.1) is 0 Å². The molecule has 1 aromatic rings. The van der Waals surface area contributed by atoms with Gasteiger partial charge in [-0.3, -0.25) is 19.5 Å². The minimum atomic E-state index is -0.799. The summed E-state index contributed by atoms with van der Waals surface area (Å²) < 4.78 is 0. The number of hydrogen-bond acceptors (Lipinski definition) is 4. The van der Waals surface area contributed by atoms with Crippen molar-refractivity contribution in [1.82, 2.24) is 15.2 Å². The van der Waals surface area contributed by atoms with Gasteiger partial charge in [-0.2, -0.15) is 0 Å². The number of aromatic nitrogens is 1. The molecule has 0 radical (unpaired) electrons. The van der Waals surface area contributed by atoms with E-state index in [1.54, 1.807) is 12.4 Å². The number of likely N-dealkylation sites (N-methyl/N-ethyl adjacent to an activating group) is 1. The van der Waals surface area contributed by atoms with Crippen LogP contribution in [0.1, 0.15) is 31.7 Å². The predicted octanol–water partition coefficient (Wildman–Crippen LogP) is 1.07. The Hall–Kier alpha value is -1.95. The van der Waals surface area contributed by atoms with Crippen LogP contribution in [0, 0.1) is 0 Å². The number of aryl methyl sites for hydroxylation is 1. The van der Waals surface area contributed by atoms with E-state index in [1.165, 1.54) is 0 Å². The van der Waals surface area contributed by atoms with Gasteiger partial charge < -0.3 is 10.4 Å². The van der Waals surface area contributed by atoms with Crippen LogP contribution in [0.3, 0.4) is 0 Å². The number of nitrogens with zero attached hydrogens (tertiary/aromatic N) is 2. The highest BCUT2D eigenvalue weighted by Crippen LogP contribution is 2.25. The fraction of sp³-hybridized carbons (Fsp3) is 0.562. The molecular weight excluding hydrogens is 282 g/mol. The van der Waals surface area contributed by atoms with Crippen LogP contribution in [0.2, 0.25) is 0 Å². The van der Waals surface area contributed by atoms with Crippen molar-refractivity contribution in [3.05, 3.63) is 30.1 Å². The van der Waals surface area contributed by atoms with Crippen molar-refractivity contribution in [1.29, 1.82) is 0 Å². The number of nitrogens with one attached hydrogen (secondary N) is 1. The van der Waals surface area contributed by atoms with Gasteiger partial charge in [-0.25, -0.2) is 0 Å². The van der Waals surface area contributed by atoms with Crippen LogP contribution < -0.4 is 5.32 Å². The first-order valence-corrected chi connectivity index (χ1v) is 7.72. The molecule has 1 aliphatic rings. The zero-order valence-corrected chi connectivity index (χ0v) is 12.9. The highest BCUT2D eigenvalue weighted by molar-refractivity contribution is 5.76. The molecule has 0 bridgehead atoms. The van der Waals surface area contributed by atoms with E-state index in [-0.39, 0.29) is 24.5 Å². The topological polar surface area (TPSA) is 82.5 Å². The molecule has 0 spiro atoms. The second kappa shape index (κ2) is 7.89. The minimum Gasteiger partial charge on any atom is -0.480 e. The lowest BCUT2D eigenvalue weighted by atomic mass is 9.85. The maximum atomic E-state index is 11.9. The molecule has 0 saturated heterocycles. The van der Waals surface area contributed by atoms with E-state index < -0.39 is 5.97 Å². The van der Waals surface area contributed by atoms with Crippen LogP contribution in [-0.4, -0.2) is 52.0 Å². The molecule has 6 heteroatoms. The summed E-state index contributed by atoms with van der Waals surface area (Å²) in [5.41, 5.74) is 1.11. The van der Waals surface area contributed by atoms with Gasteiger partial charge in [0.05, 0.1) is 6.54 Å². The first-order chi connectivity index (χ1) is 10.6. The van der Waals surface area contributed by atoms with Gasteiger partial charge in [0.15, 0.2) is 0 Å². The number of pyridine rings is 1. The maximum absolute atomic E-state index is 11.9. The molecule has 6 nitrogen and oxygen atoms in total. The summed E-state index contributed by atoms with van der Waals surface area (Å²) >= 11 is 0. The summed E-state index contributed by atoms with van der Waals surface area (Å²) in [6, 6.07) is 4.28. The van der Waals surface area contributed by atoms with Crippen LogP contribution in [0.25, 0.3) is 0 Å². The first-order valence-electron chi connectivity index (χ1n) is 7.72. The van der Waals surface area contributed by atoms with Gasteiger partial charge in [0.1, 0.15) is 0 Å². The van der Waals surface area contributed by atoms with Gasteiger partial charge >= 0.3 is 5.97 Å². The molecule has 1 amide bonds. The molecule has 0 atom stereocenters. The molecule has 22 heavy (non-hydrogen) atoms. The molecule has 0 aromatic carbocycles. The number of aliphatic carboxylic acids is 1. The van der Waals surface area contributed by atoms with E-state index in [2.05, 4.69) is 10.3 Å². The van der Waals surface area contributed by atoms with Crippen LogP contribution in [0.4, 0.5) is 0 Å². The number of amides is 1. The number of rotatable bonds is 8. The van der Waals surface area contributed by atoms with E-state index >= 15 is 0 Å². The Morgan fingerprint density at radius 1 is 1.36 bits per heavy atom. The van der Waals surface area contributed by atoms with Crippen molar-refractivity contribution in [2.45, 2.75) is 44.7 Å². The van der Waals surface area contributed by atoms with Crippen LogP contribution in [0.15, 0.2) is 24.5 Å². The fourth-order valence-electron chi connectivity index (χ4n) is 2.78. The Balaban J connectivity index is 1.66. The standard InChI is InChI=1S/C16H23N3O3/c1-2-19(11-16(21)22)14-9-13(10-14)18-15(20)4-3-12-5-7-17-8-6-12/h5-8,13-14H,2-4,9-11H2,1H3,(H,18,20)(H,21,22). The number of carboxylic acids is 1. The SMILES string of the molecule is CCN(CC(=O)O)C1CC(NC(=O)CCc2ccncc2)C1. The Morgan fingerprint density at radius 2 is 2.05 bits per heavy atom. The lowest BCUT2D eigenvalue weighted by molar-refractivity contribution is -0.139. The molecule has 1 heterocycles. The van der Waals surface area contributed by atoms with Gasteiger partial charge in [-0.1, -0.05) is 6.92 Å². The van der Waals surface area contributed by atoms with Gasteiger partial charge in [0.2, 0.25) is 5.91 Å². The molecule has 120 valence electrons. The third kappa shape index (κ3) is 4.80. The Labute approximate surface area is 130 Å². The summed E-state index contributed by atoms with van der Waals surface area (Å²) in [6.45, 7) is 2.76. The zero-order valence-electron chi connectivity index (χ0n) is 12.9. The van der Waals surface area contributed by atoms with Crippen molar-refractivity contribution in [2.24, 2.45) is 0 Å². The second-order valence-electron chi connectivity index (χ2n) is 5.70. The number of hydrogen-bond donors (Lipinski definition) is 2. The van der Waals surface area contributed by atoms with Crippen LogP contribution in [-0.2, 0) is 16.0 Å². The molecule has 1 aromatic heterocycles. The quantitative estimate of drug-likeness (QED) is 0.750. The molecule has 1 fully saturated rings. The first kappa shape index (κ1) is 16.4. The molecule has 1 aliphatic carbocycles. The monoisotopic (exact) mass is 305 g/mol. The number of carbonyl (C=O) groups excluding carboxylic acids is 1. The van der Waals surface area contributed by atoms with Crippen molar-refractivity contribution >= 4 is 11.9 Å². The van der Waals surface area contributed by atoms with E-state index in [4.69, 9.17) is 5.11 Å². The largest absolute Gasteiger partial charge is 0.480 e. The summed E-state index contributed by atoms with van der Waals surface area (Å²) in [5.74, 6) is -0.742. The van der Waals surface area contributed by atoms with E-state index in [1.807, 2.05) is 24.0 Å². The van der Waals surface area contributed by atoms with Crippen molar-refractivity contribution in [2.75, 3.05) is 13.1 Å². The number of carboxylic acid groups (broad SMARTS) is 1. The highest BCUT2D eigenvalue weighted by atomic mass is 16.4. The highest BCUT2D eigenvalue weighted by Gasteiger charge is 2.34. The minimum absolute atomic E-state index is 0.0570. The number of carbonyl (C=O) groups is 2. The fourth-order valence-corrected chi connectivity index (χ4v) is 2.78. The average molecular weight is 305 g/mol. The summed E-state index contributed by atoms with van der Waals surface area (Å²) in [4.78, 5) is 28.6. The molecule has 2 N–H and O–H groups in total. The van der Waals surface area contributed by atoms with Gasteiger partial charge in [-0.05, 0) is 43.5 Å². The third-order valence-electron chi connectivity index (χ3n) is 4.13. The Kier molecular flexibility index (Phi) is 5.89. The molecule has 0 aliphatic heterocycles. The predicted molar refractivity (Wildman–Crippen MR) is 82.4 cm³/mol. The summed E-state index contributed by atoms with van der Waals surface area (Å²) in [5, 5.41) is 11.9. The molecular formula is C16H23N3O3. The summed E-state index contributed by atoms with van der Waals surface area (Å²) in [7, 11) is 0. The Morgan fingerprint density at radius 3 is 2.64 bits per heavy atom. The summed E-state index contributed by atoms with van der Waals surface area (Å²) in [6.07, 6.45) is 6.31. The normalized spacial score (nSPS) is 20.5. The van der Waals surface area contributed by atoms with Crippen molar-refractivity contribution in [3.8, 4) is 0 Å². The van der Waals surface area contributed by atoms with E-state index in [0.29, 0.717) is 12.8 Å². The molecule has 2 rings (SSSR count). The second-order valence-corrected chi connectivity index (χ2v) is 5.70. The van der Waals surface area contributed by atoms with Crippen LogP contribution in [0.5, 0.6) is 0 Å². The molecule has 0 unspecified atom stereocenters. The van der Waals surface area contributed by atoms with Gasteiger partial charge in [0.25, 0.3) is 0 Å². The third-order valence-corrected chi connectivity index (χ3v) is 4.13.